The first-order valence-corrected chi connectivity index (χ1v) is 7.40. The maximum atomic E-state index is 13.3. The summed E-state index contributed by atoms with van der Waals surface area (Å²) in [5, 5.41) is 8.85. The highest BCUT2D eigenvalue weighted by Crippen LogP contribution is 2.33. The topological polar surface area (TPSA) is 104 Å². The monoisotopic (exact) mass is 316 g/mol. The molecule has 0 saturated carbocycles. The third-order valence-corrected chi connectivity index (χ3v) is 3.87. The summed E-state index contributed by atoms with van der Waals surface area (Å²) in [5.74, 6) is -3.13. The molecule has 9 heteroatoms. The van der Waals surface area contributed by atoms with Crippen molar-refractivity contribution in [2.75, 3.05) is 5.73 Å². The van der Waals surface area contributed by atoms with Crippen molar-refractivity contribution in [2.45, 2.75) is 17.7 Å². The van der Waals surface area contributed by atoms with Crippen molar-refractivity contribution < 1.29 is 17.2 Å². The first-order valence-electron chi connectivity index (χ1n) is 5.85. The predicted octanol–water partition coefficient (Wildman–Crippen LogP) is 1.43. The fourth-order valence-corrected chi connectivity index (χ4v) is 2.70. The lowest BCUT2D eigenvalue weighted by atomic mass is 10.1. The number of nitrogens with zero attached hydrogens (tertiary/aromatic N) is 2. The molecule has 0 aliphatic rings. The summed E-state index contributed by atoms with van der Waals surface area (Å²) >= 11 is 0. The van der Waals surface area contributed by atoms with Crippen molar-refractivity contribution in [3.63, 3.8) is 0 Å². The summed E-state index contributed by atoms with van der Waals surface area (Å²) < 4.78 is 51.1. The van der Waals surface area contributed by atoms with Crippen molar-refractivity contribution >= 4 is 15.7 Å². The van der Waals surface area contributed by atoms with Crippen LogP contribution in [0.15, 0.2) is 29.2 Å². The summed E-state index contributed by atoms with van der Waals surface area (Å²) in [5.41, 5.74) is 5.66. The van der Waals surface area contributed by atoms with E-state index in [0.29, 0.717) is 6.92 Å². The van der Waals surface area contributed by atoms with Gasteiger partial charge in [0, 0.05) is 25.2 Å². The van der Waals surface area contributed by atoms with Crippen LogP contribution in [-0.2, 0) is 23.0 Å². The molecule has 0 atom stereocenters. The van der Waals surface area contributed by atoms with Crippen LogP contribution in [0, 0.1) is 0 Å². The van der Waals surface area contributed by atoms with Gasteiger partial charge >= 0.3 is 0 Å². The third-order valence-electron chi connectivity index (χ3n) is 2.92. The van der Waals surface area contributed by atoms with E-state index in [0.717, 1.165) is 6.07 Å². The summed E-state index contributed by atoms with van der Waals surface area (Å²) in [6, 6.07) is 5.17. The molecule has 0 bridgehead atoms. The summed E-state index contributed by atoms with van der Waals surface area (Å²) in [6.07, 6.45) is 0. The maximum absolute atomic E-state index is 13.3. The molecule has 1 aromatic carbocycles. The average Bonchev–Trinajstić information content (AvgIpc) is 2.70. The Bertz CT molecular complexity index is 794. The fraction of sp³-hybridized carbons (Fsp3) is 0.250. The molecule has 1 heterocycles. The Kier molecular flexibility index (Phi) is 3.50. The van der Waals surface area contributed by atoms with Gasteiger partial charge in [0.1, 0.15) is 5.69 Å². The molecule has 0 saturated heterocycles. The number of rotatable bonds is 3. The molecule has 0 aliphatic heterocycles. The Hall–Kier alpha value is -2.00. The molecule has 21 heavy (non-hydrogen) atoms. The number of hydrogen-bond acceptors (Lipinski definition) is 4. The van der Waals surface area contributed by atoms with E-state index in [2.05, 4.69) is 5.10 Å². The number of nitrogen functional groups attached to an aromatic ring is 1. The first-order chi connectivity index (χ1) is 9.50. The number of halogens is 2. The number of primary sulfonamides is 1. The fourth-order valence-electron chi connectivity index (χ4n) is 1.92. The van der Waals surface area contributed by atoms with Crippen LogP contribution >= 0.6 is 0 Å². The van der Waals surface area contributed by atoms with Gasteiger partial charge in [0.2, 0.25) is 10.0 Å². The van der Waals surface area contributed by atoms with Gasteiger partial charge in [-0.1, -0.05) is 0 Å². The largest absolute Gasteiger partial charge is 0.399 e. The molecule has 2 rings (SSSR count). The molecule has 0 unspecified atom stereocenters. The quantitative estimate of drug-likeness (QED) is 0.836. The molecule has 2 aromatic rings. The molecular formula is C12H14F2N4O2S. The minimum absolute atomic E-state index is 0.164. The summed E-state index contributed by atoms with van der Waals surface area (Å²) in [7, 11) is -2.62. The van der Waals surface area contributed by atoms with Crippen LogP contribution in [0.3, 0.4) is 0 Å². The lowest BCUT2D eigenvalue weighted by Gasteiger charge is -2.08. The van der Waals surface area contributed by atoms with E-state index < -0.39 is 21.6 Å². The lowest BCUT2D eigenvalue weighted by molar-refractivity contribution is 0.0122. The minimum atomic E-state index is -4.06. The number of aromatic nitrogens is 2. The van der Waals surface area contributed by atoms with Gasteiger partial charge in [0.25, 0.3) is 5.92 Å². The van der Waals surface area contributed by atoms with E-state index >= 15 is 0 Å². The number of anilines is 1. The maximum Gasteiger partial charge on any atom is 0.288 e. The molecule has 0 amide bonds. The number of alkyl halides is 2. The molecule has 4 N–H and O–H groups in total. The molecular weight excluding hydrogens is 302 g/mol. The van der Waals surface area contributed by atoms with Gasteiger partial charge in [-0.25, -0.2) is 13.6 Å². The van der Waals surface area contributed by atoms with Crippen LogP contribution in [0.25, 0.3) is 11.3 Å². The van der Waals surface area contributed by atoms with Crippen LogP contribution in [0.1, 0.15) is 12.6 Å². The van der Waals surface area contributed by atoms with Crippen LogP contribution in [-0.4, -0.2) is 18.2 Å². The molecule has 0 aliphatic carbocycles. The highest BCUT2D eigenvalue weighted by molar-refractivity contribution is 7.89. The van der Waals surface area contributed by atoms with E-state index in [1.165, 1.54) is 29.9 Å². The van der Waals surface area contributed by atoms with Crippen LogP contribution in [0.5, 0.6) is 0 Å². The molecule has 6 nitrogen and oxygen atoms in total. The van der Waals surface area contributed by atoms with Crippen molar-refractivity contribution in [3.05, 3.63) is 30.0 Å². The van der Waals surface area contributed by atoms with E-state index in [4.69, 9.17) is 10.9 Å². The van der Waals surface area contributed by atoms with Crippen molar-refractivity contribution in [2.24, 2.45) is 12.2 Å². The molecule has 0 radical (unpaired) electrons. The average molecular weight is 316 g/mol. The number of benzene rings is 1. The first kappa shape index (κ1) is 15.4. The van der Waals surface area contributed by atoms with Gasteiger partial charge in [0.15, 0.2) is 0 Å². The Morgan fingerprint density at radius 1 is 1.29 bits per heavy atom. The van der Waals surface area contributed by atoms with E-state index in [9.17, 15) is 17.2 Å². The van der Waals surface area contributed by atoms with Gasteiger partial charge in [-0.3, -0.25) is 4.68 Å². The zero-order chi connectivity index (χ0) is 16.0. The number of nitrogens with two attached hydrogens (primary N) is 2. The predicted molar refractivity (Wildman–Crippen MR) is 74.0 cm³/mol. The number of hydrogen-bond donors (Lipinski definition) is 2. The minimum Gasteiger partial charge on any atom is -0.399 e. The second-order valence-electron chi connectivity index (χ2n) is 4.73. The lowest BCUT2D eigenvalue weighted by Crippen LogP contribution is -2.14. The van der Waals surface area contributed by atoms with Crippen molar-refractivity contribution in [1.82, 2.24) is 9.78 Å². The Morgan fingerprint density at radius 3 is 2.38 bits per heavy atom. The third kappa shape index (κ3) is 3.03. The van der Waals surface area contributed by atoms with Gasteiger partial charge in [-0.2, -0.15) is 13.9 Å². The highest BCUT2D eigenvalue weighted by Gasteiger charge is 2.29. The van der Waals surface area contributed by atoms with E-state index in [1.807, 2.05) is 0 Å². The second kappa shape index (κ2) is 4.78. The molecule has 114 valence electrons. The highest BCUT2D eigenvalue weighted by atomic mass is 32.2. The Morgan fingerprint density at radius 2 is 1.90 bits per heavy atom. The van der Waals surface area contributed by atoms with E-state index in [1.54, 1.807) is 0 Å². The Labute approximate surface area is 120 Å². The normalized spacial score (nSPS) is 12.6. The zero-order valence-electron chi connectivity index (χ0n) is 11.3. The summed E-state index contributed by atoms with van der Waals surface area (Å²) in [6.45, 7) is 0.711. The van der Waals surface area contributed by atoms with Crippen molar-refractivity contribution in [1.29, 1.82) is 0 Å². The second-order valence-corrected chi connectivity index (χ2v) is 6.26. The molecule has 0 fully saturated rings. The van der Waals surface area contributed by atoms with Gasteiger partial charge in [-0.05, 0) is 24.3 Å². The number of sulfonamides is 1. The standard InChI is InChI=1S/C12H14F2N4O2S/c1-12(13,14)11-6-9(18(2)17-11)8-4-3-7(15)5-10(8)21(16,19)20/h3-6H,15H2,1-2H3,(H2,16,19,20). The number of aryl methyl sites for hydroxylation is 1. The SMILES string of the molecule is Cn1nc(C(C)(F)F)cc1-c1ccc(N)cc1S(N)(=O)=O. The Balaban J connectivity index is 2.71. The van der Waals surface area contributed by atoms with E-state index in [-0.39, 0.29) is 21.8 Å². The van der Waals surface area contributed by atoms with Gasteiger partial charge < -0.3 is 5.73 Å². The van der Waals surface area contributed by atoms with Gasteiger partial charge in [0.05, 0.1) is 10.6 Å². The van der Waals surface area contributed by atoms with Crippen LogP contribution in [0.2, 0.25) is 0 Å². The van der Waals surface area contributed by atoms with Crippen molar-refractivity contribution in [3.8, 4) is 11.3 Å². The van der Waals surface area contributed by atoms with Gasteiger partial charge in [-0.15, -0.1) is 0 Å². The smallest absolute Gasteiger partial charge is 0.288 e. The van der Waals surface area contributed by atoms with Crippen LogP contribution in [0.4, 0.5) is 14.5 Å². The zero-order valence-corrected chi connectivity index (χ0v) is 12.2. The molecule has 1 aromatic heterocycles. The summed E-state index contributed by atoms with van der Waals surface area (Å²) in [4.78, 5) is -0.239. The molecule has 0 spiro atoms. The van der Waals surface area contributed by atoms with Crippen LogP contribution < -0.4 is 10.9 Å².